The summed E-state index contributed by atoms with van der Waals surface area (Å²) in [5.41, 5.74) is 5.02. The van der Waals surface area contributed by atoms with E-state index in [-0.39, 0.29) is 30.7 Å². The molecule has 2 aliphatic rings. The van der Waals surface area contributed by atoms with E-state index in [1.807, 2.05) is 0 Å². The molecule has 1 fully saturated rings. The number of fused-ring (bicyclic) bond motifs is 1. The molecule has 2 N–H and O–H groups in total. The second-order valence-corrected chi connectivity index (χ2v) is 8.36. The van der Waals surface area contributed by atoms with Crippen LogP contribution in [-0.2, 0) is 29.5 Å². The van der Waals surface area contributed by atoms with Gasteiger partial charge in [0.1, 0.15) is 0 Å². The number of allylic oxidation sites excluding steroid dienone is 4. The Morgan fingerprint density at radius 1 is 1.00 bits per heavy atom. The predicted molar refractivity (Wildman–Crippen MR) is 90.0 cm³/mol. The third-order valence-corrected chi connectivity index (χ3v) is 6.26. The van der Waals surface area contributed by atoms with Crippen molar-refractivity contribution in [3.8, 4) is 0 Å². The number of amides is 1. The normalized spacial score (nSPS) is 23.4. The van der Waals surface area contributed by atoms with Crippen LogP contribution in [0.1, 0.15) is 71.1 Å². The van der Waals surface area contributed by atoms with Crippen LogP contribution < -0.4 is 30.5 Å². The predicted octanol–water partition coefficient (Wildman–Crippen LogP) is -0.906. The molecule has 0 radical (unpaired) electrons. The summed E-state index contributed by atoms with van der Waals surface area (Å²) < 4.78 is 1.01. The van der Waals surface area contributed by atoms with E-state index in [1.165, 1.54) is 44.9 Å². The Morgan fingerprint density at radius 3 is 2.17 bits per heavy atom. The van der Waals surface area contributed by atoms with Crippen molar-refractivity contribution in [1.29, 1.82) is 0 Å². The molecule has 2 aliphatic carbocycles. The topological polar surface area (TPSA) is 43.1 Å². The number of carbonyl (C=O) groups excluding carboxylic acids is 1. The molecular weight excluding hydrogens is 420 g/mol. The monoisotopic (exact) mass is 450 g/mol. The Kier molecular flexibility index (Phi) is 18.7. The number of hydrogen-bond donors (Lipinski definition) is 1. The Labute approximate surface area is 176 Å². The Morgan fingerprint density at radius 2 is 1.58 bits per heavy atom. The van der Waals surface area contributed by atoms with Gasteiger partial charge in [0.2, 0.25) is 5.91 Å². The molecule has 24 heavy (non-hydrogen) atoms. The standard InChI is InChI=1S/C10H21NO.C9H11.2ClH.Zr/c1-2-3-4-5-6-7-8-9-10(11)12;1-2-5-9-7-3-6-8(9)4-1;;;/h2-9H2,1H3,(H2,11,12);1-2,4-6,8-9H,3,7H2;2*1H;/q;;;;+2/p-2. The molecule has 0 bridgehead atoms. The molecule has 1 saturated carbocycles. The fourth-order valence-corrected chi connectivity index (χ4v) is 4.50. The van der Waals surface area contributed by atoms with Crippen LogP contribution in [0.3, 0.4) is 0 Å². The van der Waals surface area contributed by atoms with Crippen LogP contribution in [0.25, 0.3) is 0 Å². The van der Waals surface area contributed by atoms with Gasteiger partial charge in [-0.3, -0.25) is 4.79 Å². The first-order valence-electron chi connectivity index (χ1n) is 8.99. The second-order valence-electron chi connectivity index (χ2n) is 6.53. The number of rotatable bonds is 8. The van der Waals surface area contributed by atoms with Crippen LogP contribution in [0.15, 0.2) is 24.3 Å². The van der Waals surface area contributed by atoms with Crippen LogP contribution in [0.5, 0.6) is 0 Å². The van der Waals surface area contributed by atoms with Gasteiger partial charge in [-0.05, 0) is 6.42 Å². The molecule has 1 amide bonds. The first-order valence-corrected chi connectivity index (χ1v) is 10.4. The van der Waals surface area contributed by atoms with Crippen molar-refractivity contribution in [1.82, 2.24) is 0 Å². The fraction of sp³-hybridized carbons (Fsp3) is 0.737. The van der Waals surface area contributed by atoms with Crippen molar-refractivity contribution in [2.75, 3.05) is 0 Å². The molecule has 0 aromatic rings. The summed E-state index contributed by atoms with van der Waals surface area (Å²) in [5, 5.41) is 0. The van der Waals surface area contributed by atoms with Crippen molar-refractivity contribution >= 4 is 5.91 Å². The molecular formula is C19H32Cl2NOZr. The van der Waals surface area contributed by atoms with E-state index < -0.39 is 0 Å². The summed E-state index contributed by atoms with van der Waals surface area (Å²) >= 11 is 1.73. The van der Waals surface area contributed by atoms with E-state index in [2.05, 4.69) is 31.2 Å². The zero-order valence-corrected chi connectivity index (χ0v) is 18.8. The SMILES string of the molecule is CCCCCCCCCC(N)=O.[Cl-].[Cl-].[Zr+2][CH]1CCC2C=CC=CC12. The number of halogens is 2. The summed E-state index contributed by atoms with van der Waals surface area (Å²) in [5.74, 6) is 1.64. The van der Waals surface area contributed by atoms with Crippen LogP contribution in [0, 0.1) is 11.8 Å². The first kappa shape index (κ1) is 26.6. The zero-order chi connectivity index (χ0) is 16.2. The molecule has 3 unspecified atom stereocenters. The first-order chi connectivity index (χ1) is 10.6. The van der Waals surface area contributed by atoms with Crippen molar-refractivity contribution in [3.63, 3.8) is 0 Å². The number of hydrogen-bond acceptors (Lipinski definition) is 1. The number of unbranched alkanes of at least 4 members (excludes halogenated alkanes) is 6. The van der Waals surface area contributed by atoms with Gasteiger partial charge >= 0.3 is 77.3 Å². The number of primary amides is 1. The number of nitrogens with two attached hydrogens (primary N) is 1. The van der Waals surface area contributed by atoms with E-state index in [0.29, 0.717) is 6.42 Å². The van der Waals surface area contributed by atoms with E-state index in [4.69, 9.17) is 5.73 Å². The minimum atomic E-state index is -0.163. The van der Waals surface area contributed by atoms with Crippen LogP contribution in [-0.4, -0.2) is 5.91 Å². The van der Waals surface area contributed by atoms with E-state index >= 15 is 0 Å². The molecule has 0 spiro atoms. The molecule has 137 valence electrons. The van der Waals surface area contributed by atoms with Gasteiger partial charge < -0.3 is 30.5 Å². The molecule has 0 aromatic carbocycles. The molecule has 5 heteroatoms. The van der Waals surface area contributed by atoms with Gasteiger partial charge in [0.25, 0.3) is 0 Å². The van der Waals surface area contributed by atoms with Gasteiger partial charge in [0.15, 0.2) is 0 Å². The van der Waals surface area contributed by atoms with Gasteiger partial charge in [0, 0.05) is 6.42 Å². The summed E-state index contributed by atoms with van der Waals surface area (Å²) in [6, 6.07) is 0. The second kappa shape index (κ2) is 16.9. The molecule has 0 heterocycles. The summed E-state index contributed by atoms with van der Waals surface area (Å²) in [6.45, 7) is 2.22. The maximum absolute atomic E-state index is 10.4. The van der Waals surface area contributed by atoms with Gasteiger partial charge in [-0.1, -0.05) is 45.4 Å². The zero-order valence-electron chi connectivity index (χ0n) is 14.9. The van der Waals surface area contributed by atoms with E-state index in [0.717, 1.165) is 28.3 Å². The van der Waals surface area contributed by atoms with Gasteiger partial charge in [-0.25, -0.2) is 0 Å². The summed E-state index contributed by atoms with van der Waals surface area (Å²) in [6.07, 6.45) is 21.3. The van der Waals surface area contributed by atoms with E-state index in [1.54, 1.807) is 24.7 Å². The van der Waals surface area contributed by atoms with Crippen molar-refractivity contribution in [2.24, 2.45) is 17.6 Å². The number of carbonyl (C=O) groups is 1. The quantitative estimate of drug-likeness (QED) is 0.477. The molecule has 2 rings (SSSR count). The molecule has 0 aromatic heterocycles. The summed E-state index contributed by atoms with van der Waals surface area (Å²) in [4.78, 5) is 10.4. The molecule has 2 nitrogen and oxygen atoms in total. The molecule has 0 aliphatic heterocycles. The van der Waals surface area contributed by atoms with Gasteiger partial charge in [-0.2, -0.15) is 0 Å². The van der Waals surface area contributed by atoms with Crippen molar-refractivity contribution in [3.05, 3.63) is 24.3 Å². The van der Waals surface area contributed by atoms with E-state index in [9.17, 15) is 4.79 Å². The molecule has 3 atom stereocenters. The third kappa shape index (κ3) is 11.9. The fourth-order valence-electron chi connectivity index (χ4n) is 3.21. The van der Waals surface area contributed by atoms with Crippen molar-refractivity contribution in [2.45, 2.75) is 74.8 Å². The Hall–Kier alpha value is 0.413. The Balaban J connectivity index is 0. The Bertz CT molecular complexity index is 374. The van der Waals surface area contributed by atoms with Crippen LogP contribution in [0.4, 0.5) is 0 Å². The van der Waals surface area contributed by atoms with Crippen molar-refractivity contribution < 1.29 is 54.3 Å². The summed E-state index contributed by atoms with van der Waals surface area (Å²) in [7, 11) is 0. The average molecular weight is 453 g/mol. The van der Waals surface area contributed by atoms with Crippen LogP contribution in [0.2, 0.25) is 3.63 Å². The van der Waals surface area contributed by atoms with Gasteiger partial charge in [0.05, 0.1) is 0 Å². The maximum atomic E-state index is 10.4. The average Bonchev–Trinajstić information content (AvgIpc) is 2.89. The van der Waals surface area contributed by atoms with Gasteiger partial charge in [-0.15, -0.1) is 0 Å². The molecule has 0 saturated heterocycles. The minimum absolute atomic E-state index is 0. The van der Waals surface area contributed by atoms with Crippen LogP contribution >= 0.6 is 0 Å². The third-order valence-electron chi connectivity index (χ3n) is 4.60.